The zero-order valence-corrected chi connectivity index (χ0v) is 21.6. The van der Waals surface area contributed by atoms with Gasteiger partial charge in [-0.3, -0.25) is 9.10 Å². The maximum Gasteiger partial charge on any atom is 0.264 e. The van der Waals surface area contributed by atoms with Crippen molar-refractivity contribution >= 4 is 21.6 Å². The Hall–Kier alpha value is -3.59. The van der Waals surface area contributed by atoms with E-state index in [1.54, 1.807) is 7.11 Å². The third-order valence-corrected chi connectivity index (χ3v) is 7.40. The lowest BCUT2D eigenvalue weighted by Gasteiger charge is -2.26. The van der Waals surface area contributed by atoms with E-state index >= 15 is 0 Å². The first-order valence-corrected chi connectivity index (χ1v) is 12.9. The number of nitrogens with one attached hydrogen (secondary N) is 1. The predicted octanol–water partition coefficient (Wildman–Crippen LogP) is 4.94. The molecule has 0 aliphatic carbocycles. The number of rotatable bonds is 11. The molecule has 36 heavy (non-hydrogen) atoms. The lowest BCUT2D eigenvalue weighted by atomic mass is 9.97. The number of carbonyl (C=O) groups excluding carboxylic acids is 1. The van der Waals surface area contributed by atoms with Crippen LogP contribution in [0, 0.1) is 11.7 Å². The van der Waals surface area contributed by atoms with Gasteiger partial charge in [-0.15, -0.1) is 0 Å². The van der Waals surface area contributed by atoms with Crippen molar-refractivity contribution in [3.8, 4) is 11.5 Å². The van der Waals surface area contributed by atoms with E-state index in [1.807, 2.05) is 38.1 Å². The normalized spacial score (nSPS) is 12.2. The summed E-state index contributed by atoms with van der Waals surface area (Å²) in [5, 5.41) is 2.98. The van der Waals surface area contributed by atoms with Crippen LogP contribution in [0.5, 0.6) is 11.5 Å². The van der Waals surface area contributed by atoms with Gasteiger partial charge in [-0.2, -0.15) is 0 Å². The predicted molar refractivity (Wildman–Crippen MR) is 137 cm³/mol. The van der Waals surface area contributed by atoms with Crippen LogP contribution in [0.15, 0.2) is 77.7 Å². The second-order valence-corrected chi connectivity index (χ2v) is 10.5. The van der Waals surface area contributed by atoms with E-state index in [2.05, 4.69) is 5.32 Å². The molecule has 9 heteroatoms. The van der Waals surface area contributed by atoms with Crippen LogP contribution < -0.4 is 19.1 Å². The highest BCUT2D eigenvalue weighted by molar-refractivity contribution is 7.92. The number of amides is 1. The van der Waals surface area contributed by atoms with Crippen LogP contribution in [0.3, 0.4) is 0 Å². The summed E-state index contributed by atoms with van der Waals surface area (Å²) in [4.78, 5) is 13.2. The third-order valence-electron chi connectivity index (χ3n) is 5.61. The van der Waals surface area contributed by atoms with Crippen LogP contribution in [0.1, 0.15) is 31.9 Å². The zero-order chi connectivity index (χ0) is 26.3. The Bertz CT molecular complexity index is 1240. The van der Waals surface area contributed by atoms with Gasteiger partial charge in [0.2, 0.25) is 5.91 Å². The van der Waals surface area contributed by atoms with E-state index in [0.717, 1.165) is 22.0 Å². The molecule has 3 rings (SSSR count). The number of halogens is 1. The molecule has 7 nitrogen and oxygen atoms in total. The van der Waals surface area contributed by atoms with E-state index in [1.165, 1.54) is 43.5 Å². The molecule has 0 spiro atoms. The molecule has 3 aromatic carbocycles. The number of hydrogen-bond donors (Lipinski definition) is 1. The summed E-state index contributed by atoms with van der Waals surface area (Å²) in [6.07, 6.45) is 0.653. The highest BCUT2D eigenvalue weighted by atomic mass is 32.2. The van der Waals surface area contributed by atoms with E-state index in [9.17, 15) is 17.6 Å². The Labute approximate surface area is 211 Å². The van der Waals surface area contributed by atoms with Crippen LogP contribution in [0.4, 0.5) is 10.1 Å². The Morgan fingerprint density at radius 1 is 0.889 bits per heavy atom. The quantitative estimate of drug-likeness (QED) is 0.392. The SMILES string of the molecule is COc1ccc([C@H](CC(C)C)NC(=O)CN(c2ccc(F)cc2)S(=O)(=O)c2ccc(OC)cc2)cc1. The number of nitrogens with zero attached hydrogens (tertiary/aromatic N) is 1. The van der Waals surface area contributed by atoms with Gasteiger partial charge in [0.15, 0.2) is 0 Å². The van der Waals surface area contributed by atoms with Crippen molar-refractivity contribution in [2.45, 2.75) is 31.2 Å². The molecule has 3 aromatic rings. The first-order valence-electron chi connectivity index (χ1n) is 11.5. The largest absolute Gasteiger partial charge is 0.497 e. The van der Waals surface area contributed by atoms with Crippen molar-refractivity contribution in [2.24, 2.45) is 5.92 Å². The number of anilines is 1. The minimum Gasteiger partial charge on any atom is -0.497 e. The molecule has 0 aromatic heterocycles. The van der Waals surface area contributed by atoms with Crippen molar-refractivity contribution in [2.75, 3.05) is 25.1 Å². The van der Waals surface area contributed by atoms with E-state index in [0.29, 0.717) is 17.9 Å². The Balaban J connectivity index is 1.91. The van der Waals surface area contributed by atoms with Crippen molar-refractivity contribution in [1.82, 2.24) is 5.32 Å². The van der Waals surface area contributed by atoms with Gasteiger partial charge in [0.05, 0.1) is 30.8 Å². The van der Waals surface area contributed by atoms with Crippen LogP contribution >= 0.6 is 0 Å². The molecule has 0 fully saturated rings. The fraction of sp³-hybridized carbons (Fsp3) is 0.296. The molecule has 0 aliphatic rings. The fourth-order valence-corrected chi connectivity index (χ4v) is 5.17. The summed E-state index contributed by atoms with van der Waals surface area (Å²) in [6.45, 7) is 3.61. The van der Waals surface area contributed by atoms with Crippen molar-refractivity contribution in [3.05, 3.63) is 84.2 Å². The second-order valence-electron chi connectivity index (χ2n) is 8.69. The molecular weight excluding hydrogens is 483 g/mol. The average molecular weight is 515 g/mol. The molecule has 0 radical (unpaired) electrons. The standard InChI is InChI=1S/C27H31FN2O5S/c1-19(2)17-26(20-5-11-23(34-3)12-6-20)29-27(31)18-30(22-9-7-21(28)8-10-22)36(32,33)25-15-13-24(35-4)14-16-25/h5-16,19,26H,17-18H2,1-4H3,(H,29,31)/t26-/m0/s1. The molecular formula is C27H31FN2O5S. The fourth-order valence-electron chi connectivity index (χ4n) is 3.75. The highest BCUT2D eigenvalue weighted by Crippen LogP contribution is 2.27. The third kappa shape index (κ3) is 6.75. The van der Waals surface area contributed by atoms with Gasteiger partial charge in [0.1, 0.15) is 23.9 Å². The molecule has 1 amide bonds. The Kier molecular flexibility index (Phi) is 8.93. The summed E-state index contributed by atoms with van der Waals surface area (Å²) < 4.78 is 52.0. The number of benzene rings is 3. The van der Waals surface area contributed by atoms with Crippen molar-refractivity contribution < 1.29 is 27.1 Å². The number of methoxy groups -OCH3 is 2. The minimum absolute atomic E-state index is 0.0192. The number of ether oxygens (including phenoxy) is 2. The summed E-state index contributed by atoms with van der Waals surface area (Å²) in [6, 6.07) is 17.9. The molecule has 0 saturated heterocycles. The van der Waals surface area contributed by atoms with Crippen LogP contribution in [0.2, 0.25) is 0 Å². The summed E-state index contributed by atoms with van der Waals surface area (Å²) >= 11 is 0. The topological polar surface area (TPSA) is 84.9 Å². The molecule has 0 heterocycles. The monoisotopic (exact) mass is 514 g/mol. The van der Waals surface area contributed by atoms with Crippen LogP contribution in [-0.4, -0.2) is 35.1 Å². The first-order chi connectivity index (χ1) is 17.1. The molecule has 0 unspecified atom stereocenters. The van der Waals surface area contributed by atoms with Crippen LogP contribution in [0.25, 0.3) is 0 Å². The zero-order valence-electron chi connectivity index (χ0n) is 20.8. The van der Waals surface area contributed by atoms with Gasteiger partial charge in [-0.05, 0) is 78.6 Å². The maximum absolute atomic E-state index is 13.6. The van der Waals surface area contributed by atoms with Crippen molar-refractivity contribution in [3.63, 3.8) is 0 Å². The molecule has 192 valence electrons. The number of hydrogen-bond acceptors (Lipinski definition) is 5. The summed E-state index contributed by atoms with van der Waals surface area (Å²) in [7, 11) is -1.08. The lowest BCUT2D eigenvalue weighted by Crippen LogP contribution is -2.42. The van der Waals surface area contributed by atoms with Crippen molar-refractivity contribution in [1.29, 1.82) is 0 Å². The molecule has 1 N–H and O–H groups in total. The molecule has 0 saturated carbocycles. The average Bonchev–Trinajstić information content (AvgIpc) is 2.87. The van der Waals surface area contributed by atoms with Gasteiger partial charge >= 0.3 is 0 Å². The summed E-state index contributed by atoms with van der Waals surface area (Å²) in [5.41, 5.74) is 1.05. The first kappa shape index (κ1) is 27.0. The van der Waals surface area contributed by atoms with E-state index < -0.39 is 28.3 Å². The molecule has 1 atom stereocenters. The summed E-state index contributed by atoms with van der Waals surface area (Å²) in [5.74, 6) is 0.463. The van der Waals surface area contributed by atoms with Crippen LogP contribution in [-0.2, 0) is 14.8 Å². The van der Waals surface area contributed by atoms with Gasteiger partial charge in [0, 0.05) is 0 Å². The Morgan fingerprint density at radius 3 is 1.92 bits per heavy atom. The van der Waals surface area contributed by atoms with E-state index in [4.69, 9.17) is 9.47 Å². The highest BCUT2D eigenvalue weighted by Gasteiger charge is 2.28. The van der Waals surface area contributed by atoms with E-state index in [-0.39, 0.29) is 22.5 Å². The molecule has 0 aliphatic heterocycles. The number of sulfonamides is 1. The second kappa shape index (κ2) is 11.9. The Morgan fingerprint density at radius 2 is 1.42 bits per heavy atom. The maximum atomic E-state index is 13.6. The van der Waals surface area contributed by atoms with Gasteiger partial charge < -0.3 is 14.8 Å². The van der Waals surface area contributed by atoms with Gasteiger partial charge in [-0.1, -0.05) is 26.0 Å². The molecule has 0 bridgehead atoms. The smallest absolute Gasteiger partial charge is 0.264 e. The van der Waals surface area contributed by atoms with Gasteiger partial charge in [0.25, 0.3) is 10.0 Å². The minimum atomic E-state index is -4.14. The van der Waals surface area contributed by atoms with Gasteiger partial charge in [-0.25, -0.2) is 12.8 Å². The number of carbonyl (C=O) groups is 1. The lowest BCUT2D eigenvalue weighted by molar-refractivity contribution is -0.120.